The number of carbonyl (C=O) groups excluding carboxylic acids is 3. The maximum absolute atomic E-state index is 12.0. The quantitative estimate of drug-likeness (QED) is 0.525. The molecule has 0 saturated heterocycles. The van der Waals surface area contributed by atoms with Crippen LogP contribution in [0.25, 0.3) is 0 Å². The van der Waals surface area contributed by atoms with Gasteiger partial charge in [-0.25, -0.2) is 9.59 Å². The van der Waals surface area contributed by atoms with E-state index in [2.05, 4.69) is 10.6 Å². The van der Waals surface area contributed by atoms with Crippen molar-refractivity contribution in [2.75, 3.05) is 25.4 Å². The van der Waals surface area contributed by atoms with Crippen molar-refractivity contribution in [2.45, 2.75) is 19.0 Å². The maximum atomic E-state index is 12.0. The summed E-state index contributed by atoms with van der Waals surface area (Å²) in [5.41, 5.74) is 5.87. The van der Waals surface area contributed by atoms with Crippen molar-refractivity contribution < 1.29 is 28.6 Å². The second kappa shape index (κ2) is 9.76. The molecule has 0 fully saturated rings. The van der Waals surface area contributed by atoms with Crippen LogP contribution in [-0.2, 0) is 20.9 Å². The highest BCUT2D eigenvalue weighted by Gasteiger charge is 2.22. The lowest BCUT2D eigenvalue weighted by Crippen LogP contribution is -2.45. The van der Waals surface area contributed by atoms with Crippen molar-refractivity contribution in [3.05, 3.63) is 23.8 Å². The van der Waals surface area contributed by atoms with Crippen LogP contribution in [-0.4, -0.2) is 49.4 Å². The first-order valence-corrected chi connectivity index (χ1v) is 9.25. The molecule has 0 bridgehead atoms. The summed E-state index contributed by atoms with van der Waals surface area (Å²) in [6.07, 6.45) is 2.23. The van der Waals surface area contributed by atoms with Gasteiger partial charge in [0.05, 0.1) is 0 Å². The number of esters is 1. The van der Waals surface area contributed by atoms with Crippen LogP contribution < -0.4 is 25.8 Å². The van der Waals surface area contributed by atoms with E-state index in [4.69, 9.17) is 19.9 Å². The maximum Gasteiger partial charge on any atom is 0.329 e. The zero-order valence-electron chi connectivity index (χ0n) is 14.3. The number of ether oxygens (including phenoxy) is 3. The van der Waals surface area contributed by atoms with Crippen molar-refractivity contribution >= 4 is 29.7 Å². The van der Waals surface area contributed by atoms with E-state index >= 15 is 0 Å². The molecule has 4 N–H and O–H groups in total. The highest BCUT2D eigenvalue weighted by atomic mass is 32.2. The average molecular weight is 383 g/mol. The molecule has 0 saturated carbocycles. The number of nitrogens with two attached hydrogens (primary N) is 1. The van der Waals surface area contributed by atoms with E-state index < -0.39 is 30.6 Å². The van der Waals surface area contributed by atoms with Crippen molar-refractivity contribution in [1.82, 2.24) is 10.6 Å². The number of hydrogen-bond donors (Lipinski definition) is 3. The monoisotopic (exact) mass is 383 g/mol. The molecule has 142 valence electrons. The predicted molar refractivity (Wildman–Crippen MR) is 94.9 cm³/mol. The molecule has 0 aromatic heterocycles. The smallest absolute Gasteiger partial charge is 0.329 e. The molecule has 1 aliphatic heterocycles. The summed E-state index contributed by atoms with van der Waals surface area (Å²) in [5.74, 6) is 0.760. The molecule has 26 heavy (non-hydrogen) atoms. The first-order chi connectivity index (χ1) is 12.5. The Balaban J connectivity index is 1.76. The molecular weight excluding hydrogens is 362 g/mol. The summed E-state index contributed by atoms with van der Waals surface area (Å²) in [6.45, 7) is -0.0137. The van der Waals surface area contributed by atoms with Crippen LogP contribution in [0.1, 0.15) is 12.0 Å². The van der Waals surface area contributed by atoms with Gasteiger partial charge in [-0.3, -0.25) is 4.79 Å². The number of primary amides is 1. The summed E-state index contributed by atoms with van der Waals surface area (Å²) < 4.78 is 15.4. The molecule has 3 amide bonds. The lowest BCUT2D eigenvalue weighted by atomic mass is 10.2. The minimum atomic E-state index is -0.874. The molecule has 0 unspecified atom stereocenters. The van der Waals surface area contributed by atoms with Gasteiger partial charge in [-0.05, 0) is 36.1 Å². The van der Waals surface area contributed by atoms with Gasteiger partial charge in [-0.1, -0.05) is 6.07 Å². The van der Waals surface area contributed by atoms with Gasteiger partial charge in [-0.2, -0.15) is 11.8 Å². The van der Waals surface area contributed by atoms with Gasteiger partial charge < -0.3 is 30.6 Å². The fraction of sp³-hybridized carbons (Fsp3) is 0.438. The molecule has 1 aromatic carbocycles. The molecule has 0 aliphatic carbocycles. The van der Waals surface area contributed by atoms with E-state index in [0.29, 0.717) is 23.7 Å². The lowest BCUT2D eigenvalue weighted by molar-refractivity contribution is -0.150. The van der Waals surface area contributed by atoms with Crippen molar-refractivity contribution in [1.29, 1.82) is 0 Å². The van der Waals surface area contributed by atoms with Crippen LogP contribution in [0.3, 0.4) is 0 Å². The van der Waals surface area contributed by atoms with Crippen molar-refractivity contribution in [3.63, 3.8) is 0 Å². The summed E-state index contributed by atoms with van der Waals surface area (Å²) in [4.78, 5) is 34.8. The molecular formula is C16H21N3O6S. The Morgan fingerprint density at radius 2 is 2.08 bits per heavy atom. The second-order valence-electron chi connectivity index (χ2n) is 5.41. The number of carbonyl (C=O) groups is 3. The Hall–Kier alpha value is -2.62. The van der Waals surface area contributed by atoms with E-state index in [1.807, 2.05) is 6.26 Å². The van der Waals surface area contributed by atoms with Gasteiger partial charge in [0.1, 0.15) is 6.04 Å². The van der Waals surface area contributed by atoms with Gasteiger partial charge >= 0.3 is 12.0 Å². The Labute approximate surface area is 154 Å². The van der Waals surface area contributed by atoms with Gasteiger partial charge in [-0.15, -0.1) is 0 Å². The Morgan fingerprint density at radius 3 is 2.81 bits per heavy atom. The molecule has 0 spiro atoms. The highest BCUT2D eigenvalue weighted by molar-refractivity contribution is 7.98. The van der Waals surface area contributed by atoms with E-state index in [0.717, 1.165) is 5.56 Å². The number of benzene rings is 1. The third-order valence-electron chi connectivity index (χ3n) is 3.48. The number of rotatable bonds is 9. The zero-order valence-corrected chi connectivity index (χ0v) is 15.1. The third-order valence-corrected chi connectivity index (χ3v) is 4.13. The van der Waals surface area contributed by atoms with Crippen LogP contribution >= 0.6 is 11.8 Å². The number of amides is 3. The normalized spacial score (nSPS) is 13.0. The van der Waals surface area contributed by atoms with Gasteiger partial charge in [0.15, 0.2) is 18.1 Å². The molecule has 10 heteroatoms. The number of urea groups is 1. The second-order valence-corrected chi connectivity index (χ2v) is 6.40. The minimum absolute atomic E-state index is 0.179. The molecule has 9 nitrogen and oxygen atoms in total. The van der Waals surface area contributed by atoms with E-state index in [-0.39, 0.29) is 13.3 Å². The summed E-state index contributed by atoms with van der Waals surface area (Å²) in [7, 11) is 0. The van der Waals surface area contributed by atoms with E-state index in [9.17, 15) is 14.4 Å². The topological polar surface area (TPSA) is 129 Å². The van der Waals surface area contributed by atoms with Crippen molar-refractivity contribution in [2.24, 2.45) is 5.73 Å². The van der Waals surface area contributed by atoms with E-state index in [1.165, 1.54) is 11.8 Å². The van der Waals surface area contributed by atoms with Crippen molar-refractivity contribution in [3.8, 4) is 11.5 Å². The summed E-state index contributed by atoms with van der Waals surface area (Å²) in [5, 5.41) is 4.95. The summed E-state index contributed by atoms with van der Waals surface area (Å²) in [6, 6.07) is 3.64. The number of fused-ring (bicyclic) bond motifs is 1. The third kappa shape index (κ3) is 6.03. The highest BCUT2D eigenvalue weighted by Crippen LogP contribution is 2.32. The Morgan fingerprint density at radius 1 is 1.31 bits per heavy atom. The average Bonchev–Trinajstić information content (AvgIpc) is 3.08. The largest absolute Gasteiger partial charge is 0.454 e. The standard InChI is InChI=1S/C16H21N3O6S/c1-26-5-4-11(19-16(17)22)15(21)23-8-14(20)18-7-10-2-3-12-13(6-10)25-9-24-12/h2-3,6,11H,4-5,7-9H2,1H3,(H,18,20)(H3,17,19,22)/t11-/m0/s1. The fourth-order valence-electron chi connectivity index (χ4n) is 2.20. The first-order valence-electron chi connectivity index (χ1n) is 7.86. The van der Waals surface area contributed by atoms with Crippen LogP contribution in [0.2, 0.25) is 0 Å². The van der Waals surface area contributed by atoms with Crippen LogP contribution in [0.4, 0.5) is 4.79 Å². The van der Waals surface area contributed by atoms with Crippen LogP contribution in [0.15, 0.2) is 18.2 Å². The molecule has 1 aliphatic rings. The SMILES string of the molecule is CSCC[C@H](NC(N)=O)C(=O)OCC(=O)NCc1ccc2c(c1)OCO2. The minimum Gasteiger partial charge on any atom is -0.454 e. The van der Waals surface area contributed by atoms with Gasteiger partial charge in [0.2, 0.25) is 6.79 Å². The number of nitrogens with one attached hydrogen (secondary N) is 2. The van der Waals surface area contributed by atoms with E-state index in [1.54, 1.807) is 18.2 Å². The Bertz CT molecular complexity index is 669. The number of thioether (sulfide) groups is 1. The molecule has 1 heterocycles. The predicted octanol–water partition coefficient (Wildman–Crippen LogP) is 0.365. The van der Waals surface area contributed by atoms with Gasteiger partial charge in [0, 0.05) is 6.54 Å². The molecule has 2 rings (SSSR count). The number of hydrogen-bond acceptors (Lipinski definition) is 7. The molecule has 0 radical (unpaired) electrons. The Kier molecular flexibility index (Phi) is 7.39. The van der Waals surface area contributed by atoms with Crippen LogP contribution in [0, 0.1) is 0 Å². The first kappa shape index (κ1) is 19.7. The lowest BCUT2D eigenvalue weighted by Gasteiger charge is -2.15. The molecule has 1 aromatic rings. The molecule has 1 atom stereocenters. The van der Waals surface area contributed by atoms with Crippen LogP contribution in [0.5, 0.6) is 11.5 Å². The zero-order chi connectivity index (χ0) is 18.9. The van der Waals surface area contributed by atoms with Gasteiger partial charge in [0.25, 0.3) is 5.91 Å². The summed E-state index contributed by atoms with van der Waals surface area (Å²) >= 11 is 1.51. The fourth-order valence-corrected chi connectivity index (χ4v) is 2.67.